The van der Waals surface area contributed by atoms with Crippen LogP contribution in [0, 0.1) is 0 Å². The number of ketones is 1. The molecular formula is C14H6Cl2O4S. The highest BCUT2D eigenvalue weighted by molar-refractivity contribution is 7.12. The summed E-state index contributed by atoms with van der Waals surface area (Å²) in [5.74, 6) is -1.75. The van der Waals surface area contributed by atoms with E-state index in [4.69, 9.17) is 32.7 Å². The van der Waals surface area contributed by atoms with Crippen molar-refractivity contribution in [2.24, 2.45) is 0 Å². The van der Waals surface area contributed by atoms with Crippen LogP contribution in [0.4, 0.5) is 0 Å². The van der Waals surface area contributed by atoms with Crippen LogP contribution in [-0.4, -0.2) is 16.9 Å². The molecule has 7 heteroatoms. The van der Waals surface area contributed by atoms with Crippen molar-refractivity contribution in [1.29, 1.82) is 0 Å². The van der Waals surface area contributed by atoms with E-state index in [1.54, 1.807) is 17.5 Å². The molecular weight excluding hydrogens is 335 g/mol. The van der Waals surface area contributed by atoms with E-state index in [0.717, 1.165) is 0 Å². The van der Waals surface area contributed by atoms with Gasteiger partial charge in [0.2, 0.25) is 11.5 Å². The maximum Gasteiger partial charge on any atom is 0.371 e. The van der Waals surface area contributed by atoms with Gasteiger partial charge >= 0.3 is 5.97 Å². The van der Waals surface area contributed by atoms with Crippen molar-refractivity contribution >= 4 is 57.3 Å². The van der Waals surface area contributed by atoms with Crippen molar-refractivity contribution in [3.63, 3.8) is 0 Å². The number of hydrogen-bond acceptors (Lipinski definition) is 4. The number of carboxylic acid groups (broad SMARTS) is 1. The number of carbonyl (C=O) groups excluding carboxylic acids is 1. The van der Waals surface area contributed by atoms with Crippen LogP contribution in [0.3, 0.4) is 0 Å². The Balaban J connectivity index is 2.22. The number of rotatable bonds is 3. The van der Waals surface area contributed by atoms with Gasteiger partial charge < -0.3 is 9.52 Å². The summed E-state index contributed by atoms with van der Waals surface area (Å²) >= 11 is 13.5. The van der Waals surface area contributed by atoms with E-state index in [0.29, 0.717) is 10.3 Å². The molecule has 0 aliphatic carbocycles. The number of halogens is 2. The molecule has 0 aliphatic rings. The fourth-order valence-corrected chi connectivity index (χ4v) is 3.09. The largest absolute Gasteiger partial charge is 0.475 e. The van der Waals surface area contributed by atoms with Gasteiger partial charge in [0.25, 0.3) is 0 Å². The molecule has 1 aromatic carbocycles. The molecule has 3 aromatic rings. The Hall–Kier alpha value is -1.82. The van der Waals surface area contributed by atoms with Gasteiger partial charge in [-0.15, -0.1) is 11.3 Å². The normalized spacial score (nSPS) is 11.0. The Morgan fingerprint density at radius 1 is 1.19 bits per heavy atom. The maximum atomic E-state index is 12.4. The molecule has 0 spiro atoms. The molecule has 0 saturated carbocycles. The maximum absolute atomic E-state index is 12.4. The zero-order valence-electron chi connectivity index (χ0n) is 10.2. The molecule has 0 fully saturated rings. The van der Waals surface area contributed by atoms with E-state index in [-0.39, 0.29) is 32.7 Å². The molecule has 1 N–H and O–H groups in total. The minimum absolute atomic E-state index is 0.0292. The van der Waals surface area contributed by atoms with Crippen molar-refractivity contribution < 1.29 is 19.1 Å². The Kier molecular flexibility index (Phi) is 3.49. The summed E-state index contributed by atoms with van der Waals surface area (Å²) in [6, 6.07) is 6.23. The lowest BCUT2D eigenvalue weighted by Crippen LogP contribution is -2.00. The van der Waals surface area contributed by atoms with Crippen LogP contribution in [-0.2, 0) is 0 Å². The van der Waals surface area contributed by atoms with Gasteiger partial charge in [0.05, 0.1) is 9.90 Å². The van der Waals surface area contributed by atoms with Gasteiger partial charge in [-0.1, -0.05) is 29.3 Å². The highest BCUT2D eigenvalue weighted by Gasteiger charge is 2.22. The van der Waals surface area contributed by atoms with Gasteiger partial charge in [-0.3, -0.25) is 4.79 Å². The van der Waals surface area contributed by atoms with E-state index >= 15 is 0 Å². The quantitative estimate of drug-likeness (QED) is 0.699. The lowest BCUT2D eigenvalue weighted by Gasteiger charge is -2.04. The van der Waals surface area contributed by atoms with Crippen molar-refractivity contribution in [3.05, 3.63) is 55.9 Å². The number of hydrogen-bond donors (Lipinski definition) is 1. The second-order valence-electron chi connectivity index (χ2n) is 4.19. The van der Waals surface area contributed by atoms with Gasteiger partial charge in [0, 0.05) is 10.9 Å². The van der Waals surface area contributed by atoms with Crippen molar-refractivity contribution in [3.8, 4) is 0 Å². The predicted octanol–water partition coefficient (Wildman–Crippen LogP) is 4.73. The first-order valence-corrected chi connectivity index (χ1v) is 7.35. The first-order chi connectivity index (χ1) is 9.99. The standard InChI is InChI=1S/C14H6Cl2O4S/c15-10-7(12(17)9-2-1-3-21-9)4-6-5-8(14(18)19)20-13(6)11(10)16/h1-5H,(H,18,19). The molecule has 3 rings (SSSR count). The Bertz CT molecular complexity index is 865. The summed E-state index contributed by atoms with van der Waals surface area (Å²) in [6.45, 7) is 0. The zero-order chi connectivity index (χ0) is 15.1. The predicted molar refractivity (Wildman–Crippen MR) is 80.9 cm³/mol. The second-order valence-corrected chi connectivity index (χ2v) is 5.90. The lowest BCUT2D eigenvalue weighted by atomic mass is 10.1. The van der Waals surface area contributed by atoms with E-state index in [1.807, 2.05) is 0 Å². The van der Waals surface area contributed by atoms with Crippen LogP contribution in [0.2, 0.25) is 10.0 Å². The summed E-state index contributed by atoms with van der Waals surface area (Å²) in [5, 5.41) is 11.2. The van der Waals surface area contributed by atoms with Crippen LogP contribution < -0.4 is 0 Å². The fourth-order valence-electron chi connectivity index (χ4n) is 1.93. The van der Waals surface area contributed by atoms with Gasteiger partial charge in [-0.2, -0.15) is 0 Å². The molecule has 21 heavy (non-hydrogen) atoms. The number of aromatic carboxylic acids is 1. The summed E-state index contributed by atoms with van der Waals surface area (Å²) in [7, 11) is 0. The molecule has 0 atom stereocenters. The first-order valence-electron chi connectivity index (χ1n) is 5.72. The number of benzene rings is 1. The van der Waals surface area contributed by atoms with E-state index in [1.165, 1.54) is 23.5 Å². The van der Waals surface area contributed by atoms with Crippen molar-refractivity contribution in [2.45, 2.75) is 0 Å². The molecule has 0 aliphatic heterocycles. The Labute approximate surface area is 132 Å². The lowest BCUT2D eigenvalue weighted by molar-refractivity contribution is 0.0665. The van der Waals surface area contributed by atoms with Crippen LogP contribution in [0.1, 0.15) is 25.8 Å². The number of thiophene rings is 1. The van der Waals surface area contributed by atoms with Crippen molar-refractivity contribution in [1.82, 2.24) is 0 Å². The molecule has 2 aromatic heterocycles. The number of carboxylic acids is 1. The van der Waals surface area contributed by atoms with Crippen LogP contribution in [0.25, 0.3) is 11.0 Å². The highest BCUT2D eigenvalue weighted by Crippen LogP contribution is 2.37. The molecule has 4 nitrogen and oxygen atoms in total. The van der Waals surface area contributed by atoms with Crippen LogP contribution in [0.5, 0.6) is 0 Å². The summed E-state index contributed by atoms with van der Waals surface area (Å²) in [5.41, 5.74) is 0.371. The average molecular weight is 341 g/mol. The van der Waals surface area contributed by atoms with Crippen LogP contribution in [0.15, 0.2) is 34.1 Å². The molecule has 0 amide bonds. The molecule has 0 bridgehead atoms. The smallest absolute Gasteiger partial charge is 0.371 e. The SMILES string of the molecule is O=C(O)c1cc2cc(C(=O)c3cccs3)c(Cl)c(Cl)c2o1. The Morgan fingerprint density at radius 2 is 1.95 bits per heavy atom. The van der Waals surface area contributed by atoms with Gasteiger partial charge in [-0.05, 0) is 23.6 Å². The molecule has 0 saturated heterocycles. The zero-order valence-corrected chi connectivity index (χ0v) is 12.6. The molecule has 0 radical (unpaired) electrons. The minimum Gasteiger partial charge on any atom is -0.475 e. The topological polar surface area (TPSA) is 67.5 Å². The third kappa shape index (κ3) is 2.33. The average Bonchev–Trinajstić information content (AvgIpc) is 3.10. The third-order valence-corrected chi connectivity index (χ3v) is 4.61. The first kappa shape index (κ1) is 14.1. The molecule has 106 valence electrons. The summed E-state index contributed by atoms with van der Waals surface area (Å²) in [4.78, 5) is 23.8. The van der Waals surface area contributed by atoms with Crippen molar-refractivity contribution in [2.75, 3.05) is 0 Å². The van der Waals surface area contributed by atoms with Gasteiger partial charge in [0.1, 0.15) is 5.02 Å². The van der Waals surface area contributed by atoms with E-state index in [9.17, 15) is 9.59 Å². The Morgan fingerprint density at radius 3 is 2.57 bits per heavy atom. The minimum atomic E-state index is -1.22. The van der Waals surface area contributed by atoms with Crippen LogP contribution >= 0.6 is 34.5 Å². The summed E-state index contributed by atoms with van der Waals surface area (Å²) < 4.78 is 5.14. The van der Waals surface area contributed by atoms with E-state index in [2.05, 4.69) is 0 Å². The van der Waals surface area contributed by atoms with Gasteiger partial charge in [0.15, 0.2) is 5.58 Å². The highest BCUT2D eigenvalue weighted by atomic mass is 35.5. The summed E-state index contributed by atoms with van der Waals surface area (Å²) in [6.07, 6.45) is 0. The van der Waals surface area contributed by atoms with Gasteiger partial charge in [-0.25, -0.2) is 4.79 Å². The third-order valence-electron chi connectivity index (χ3n) is 2.89. The monoisotopic (exact) mass is 340 g/mol. The number of furan rings is 1. The number of fused-ring (bicyclic) bond motifs is 1. The number of carbonyl (C=O) groups is 2. The second kappa shape index (κ2) is 5.18. The fraction of sp³-hybridized carbons (Fsp3) is 0. The molecule has 0 unspecified atom stereocenters. The molecule has 2 heterocycles. The van der Waals surface area contributed by atoms with E-state index < -0.39 is 5.97 Å².